The minimum absolute atomic E-state index is 0.0264. The van der Waals surface area contributed by atoms with Crippen LogP contribution in [0.3, 0.4) is 0 Å². The first kappa shape index (κ1) is 18.7. The van der Waals surface area contributed by atoms with Crippen LogP contribution < -0.4 is 0 Å². The average Bonchev–Trinajstić information content (AvgIpc) is 2.78. The van der Waals surface area contributed by atoms with Gasteiger partial charge in [0.25, 0.3) is 11.1 Å². The maximum absolute atomic E-state index is 12.2. The average molecular weight is 387 g/mol. The van der Waals surface area contributed by atoms with E-state index in [1.165, 1.54) is 6.07 Å². The van der Waals surface area contributed by atoms with Gasteiger partial charge >= 0.3 is 11.7 Å². The van der Waals surface area contributed by atoms with Crippen LogP contribution in [0.2, 0.25) is 5.02 Å². The number of carbonyl (C=O) groups excluding carboxylic acids is 3. The summed E-state index contributed by atoms with van der Waals surface area (Å²) in [6.07, 6.45) is 1.10. The van der Waals surface area contributed by atoms with Gasteiger partial charge in [-0.25, -0.2) is 0 Å². The van der Waals surface area contributed by atoms with Crippen molar-refractivity contribution in [1.82, 2.24) is 4.90 Å². The molecule has 9 nitrogen and oxygen atoms in total. The van der Waals surface area contributed by atoms with Crippen molar-refractivity contribution in [2.75, 3.05) is 13.2 Å². The Balaban J connectivity index is 2.34. The van der Waals surface area contributed by atoms with Crippen LogP contribution in [0.4, 0.5) is 10.5 Å². The van der Waals surface area contributed by atoms with Gasteiger partial charge in [0.2, 0.25) is 5.75 Å². The molecule has 1 N–H and O–H groups in total. The van der Waals surface area contributed by atoms with E-state index in [9.17, 15) is 29.6 Å². The predicted octanol–water partition coefficient (Wildman–Crippen LogP) is 2.55. The number of phenolic OH excluding ortho intramolecular Hbond substituents is 1. The van der Waals surface area contributed by atoms with Crippen molar-refractivity contribution in [2.45, 2.75) is 6.92 Å². The van der Waals surface area contributed by atoms with Crippen molar-refractivity contribution in [2.24, 2.45) is 0 Å². The van der Waals surface area contributed by atoms with Gasteiger partial charge < -0.3 is 9.84 Å². The number of thioether (sulfide) groups is 1. The lowest BCUT2D eigenvalue weighted by molar-refractivity contribution is -0.385. The standard InChI is InChI=1S/C14H11ClN2O7S/c1-2-24-11(18)6-16-13(20)10(25-14(16)21)4-7-3-8(15)5-9(12(7)19)17(22)23/h3-5,19H,2,6H2,1H3/b10-4+. The van der Waals surface area contributed by atoms with E-state index in [2.05, 4.69) is 4.74 Å². The highest BCUT2D eigenvalue weighted by Crippen LogP contribution is 2.38. The number of ether oxygens (including phenoxy) is 1. The smallest absolute Gasteiger partial charge is 0.326 e. The van der Waals surface area contributed by atoms with E-state index >= 15 is 0 Å². The summed E-state index contributed by atoms with van der Waals surface area (Å²) < 4.78 is 4.68. The number of phenols is 1. The van der Waals surface area contributed by atoms with Crippen molar-refractivity contribution in [1.29, 1.82) is 0 Å². The lowest BCUT2D eigenvalue weighted by Crippen LogP contribution is -2.34. The van der Waals surface area contributed by atoms with Gasteiger partial charge in [-0.2, -0.15) is 0 Å². The summed E-state index contributed by atoms with van der Waals surface area (Å²) in [6, 6.07) is 2.17. The number of benzene rings is 1. The van der Waals surface area contributed by atoms with E-state index in [1.807, 2.05) is 0 Å². The fourth-order valence-corrected chi connectivity index (χ4v) is 3.02. The van der Waals surface area contributed by atoms with Crippen molar-refractivity contribution >= 4 is 52.2 Å². The molecule has 0 radical (unpaired) electrons. The van der Waals surface area contributed by atoms with E-state index in [-0.39, 0.29) is 22.1 Å². The molecule has 1 aliphatic heterocycles. The summed E-state index contributed by atoms with van der Waals surface area (Å²) in [7, 11) is 0. The zero-order valence-electron chi connectivity index (χ0n) is 12.7. The molecular weight excluding hydrogens is 376 g/mol. The highest BCUT2D eigenvalue weighted by molar-refractivity contribution is 8.18. The normalized spacial score (nSPS) is 15.8. The van der Waals surface area contributed by atoms with Gasteiger partial charge in [-0.1, -0.05) is 11.6 Å². The third-order valence-electron chi connectivity index (χ3n) is 3.03. The molecule has 1 fully saturated rings. The molecule has 1 aromatic carbocycles. The topological polar surface area (TPSA) is 127 Å². The Hall–Kier alpha value is -2.59. The van der Waals surface area contributed by atoms with Gasteiger partial charge in [0.15, 0.2) is 0 Å². The molecule has 0 spiro atoms. The van der Waals surface area contributed by atoms with E-state index in [0.29, 0.717) is 16.7 Å². The lowest BCUT2D eigenvalue weighted by Gasteiger charge is -2.10. The first-order chi connectivity index (χ1) is 11.7. The SMILES string of the molecule is CCOC(=O)CN1C(=O)S/C(=C/c2cc(Cl)cc([N+](=O)[O-])c2O)C1=O. The van der Waals surface area contributed by atoms with Gasteiger partial charge in [-0.05, 0) is 30.8 Å². The summed E-state index contributed by atoms with van der Waals surface area (Å²) >= 11 is 6.31. The zero-order valence-corrected chi connectivity index (χ0v) is 14.3. The molecule has 0 bridgehead atoms. The molecule has 1 heterocycles. The molecule has 0 unspecified atom stereocenters. The number of imide groups is 1. The lowest BCUT2D eigenvalue weighted by atomic mass is 10.1. The van der Waals surface area contributed by atoms with Crippen molar-refractivity contribution < 1.29 is 29.2 Å². The second kappa shape index (κ2) is 7.53. The van der Waals surface area contributed by atoms with Crippen molar-refractivity contribution in [3.05, 3.63) is 37.7 Å². The third-order valence-corrected chi connectivity index (χ3v) is 4.16. The highest BCUT2D eigenvalue weighted by atomic mass is 35.5. The van der Waals surface area contributed by atoms with E-state index < -0.39 is 40.0 Å². The number of hydrogen-bond donors (Lipinski definition) is 1. The summed E-state index contributed by atoms with van der Waals surface area (Å²) in [5.41, 5.74) is -0.731. The molecule has 25 heavy (non-hydrogen) atoms. The Morgan fingerprint density at radius 3 is 2.76 bits per heavy atom. The van der Waals surface area contributed by atoms with Gasteiger partial charge in [0.05, 0.1) is 16.4 Å². The largest absolute Gasteiger partial charge is 0.502 e. The number of nitro groups is 1. The monoisotopic (exact) mass is 386 g/mol. The van der Waals surface area contributed by atoms with Crippen LogP contribution in [0.1, 0.15) is 12.5 Å². The number of hydrogen-bond acceptors (Lipinski definition) is 8. The quantitative estimate of drug-likeness (QED) is 0.354. The molecule has 1 aromatic rings. The first-order valence-corrected chi connectivity index (χ1v) is 8.02. The van der Waals surface area contributed by atoms with Crippen LogP contribution >= 0.6 is 23.4 Å². The summed E-state index contributed by atoms with van der Waals surface area (Å²) in [5.74, 6) is -2.20. The molecular formula is C14H11ClN2O7S. The Bertz CT molecular complexity index is 809. The molecule has 0 aromatic heterocycles. The maximum atomic E-state index is 12.2. The maximum Gasteiger partial charge on any atom is 0.326 e. The van der Waals surface area contributed by atoms with Gasteiger partial charge in [-0.3, -0.25) is 29.4 Å². The Morgan fingerprint density at radius 1 is 1.48 bits per heavy atom. The van der Waals surface area contributed by atoms with E-state index in [0.717, 1.165) is 12.1 Å². The fraction of sp³-hybridized carbons (Fsp3) is 0.214. The van der Waals surface area contributed by atoms with E-state index in [4.69, 9.17) is 11.6 Å². The number of amides is 2. The van der Waals surface area contributed by atoms with Crippen molar-refractivity contribution in [3.8, 4) is 5.75 Å². The number of aromatic hydroxyl groups is 1. The van der Waals surface area contributed by atoms with Gasteiger partial charge in [-0.15, -0.1) is 0 Å². The molecule has 2 amide bonds. The van der Waals surface area contributed by atoms with Crippen molar-refractivity contribution in [3.63, 3.8) is 0 Å². The van der Waals surface area contributed by atoms with Gasteiger partial charge in [0, 0.05) is 16.7 Å². The zero-order chi connectivity index (χ0) is 18.7. The molecule has 0 saturated carbocycles. The Labute approximate surface area is 150 Å². The summed E-state index contributed by atoms with van der Waals surface area (Å²) in [6.45, 7) is 1.14. The molecule has 1 saturated heterocycles. The van der Waals surface area contributed by atoms with Crippen LogP contribution in [-0.2, 0) is 14.3 Å². The third kappa shape index (κ3) is 4.09. The minimum Gasteiger partial charge on any atom is -0.502 e. The molecule has 11 heteroatoms. The van der Waals surface area contributed by atoms with Crippen LogP contribution in [0.5, 0.6) is 5.75 Å². The number of rotatable bonds is 5. The van der Waals surface area contributed by atoms with Crippen LogP contribution in [0, 0.1) is 10.1 Å². The Kier molecular flexibility index (Phi) is 5.65. The summed E-state index contributed by atoms with van der Waals surface area (Å²) in [5, 5.41) is 20.1. The first-order valence-electron chi connectivity index (χ1n) is 6.82. The molecule has 2 rings (SSSR count). The molecule has 0 atom stereocenters. The number of nitrogens with zero attached hydrogens (tertiary/aromatic N) is 2. The van der Waals surface area contributed by atoms with Crippen LogP contribution in [0.15, 0.2) is 17.0 Å². The molecule has 0 aliphatic carbocycles. The van der Waals surface area contributed by atoms with Crippen LogP contribution in [-0.4, -0.2) is 45.2 Å². The number of carbonyl (C=O) groups is 3. The predicted molar refractivity (Wildman–Crippen MR) is 89.1 cm³/mol. The fourth-order valence-electron chi connectivity index (χ4n) is 1.97. The second-order valence-electron chi connectivity index (χ2n) is 4.69. The molecule has 1 aliphatic rings. The summed E-state index contributed by atoms with van der Waals surface area (Å²) in [4.78, 5) is 46.2. The number of nitro benzene ring substituents is 1. The number of halogens is 1. The number of esters is 1. The van der Waals surface area contributed by atoms with E-state index in [1.54, 1.807) is 6.92 Å². The highest BCUT2D eigenvalue weighted by Gasteiger charge is 2.37. The minimum atomic E-state index is -0.828. The van der Waals surface area contributed by atoms with Gasteiger partial charge in [0.1, 0.15) is 6.54 Å². The second-order valence-corrected chi connectivity index (χ2v) is 6.12. The Morgan fingerprint density at radius 2 is 2.16 bits per heavy atom. The van der Waals surface area contributed by atoms with Crippen LogP contribution in [0.25, 0.3) is 6.08 Å². The molecule has 132 valence electrons.